The SMILES string of the molecule is COc1ccc(C(=O)Nc2ccc3sccc3c2)cc1N. The lowest BCUT2D eigenvalue weighted by molar-refractivity contribution is 0.102. The Balaban J connectivity index is 1.83. The Morgan fingerprint density at radius 1 is 1.19 bits per heavy atom. The molecule has 0 atom stereocenters. The number of anilines is 2. The van der Waals surface area contributed by atoms with Gasteiger partial charge in [-0.25, -0.2) is 0 Å². The minimum atomic E-state index is -0.195. The van der Waals surface area contributed by atoms with Crippen molar-refractivity contribution in [1.82, 2.24) is 0 Å². The molecule has 3 N–H and O–H groups in total. The number of ether oxygens (including phenoxy) is 1. The van der Waals surface area contributed by atoms with Crippen molar-refractivity contribution in [3.05, 3.63) is 53.4 Å². The van der Waals surface area contributed by atoms with Crippen LogP contribution in [0.15, 0.2) is 47.8 Å². The number of nitrogens with one attached hydrogen (secondary N) is 1. The first kappa shape index (κ1) is 13.5. The Morgan fingerprint density at radius 3 is 2.81 bits per heavy atom. The van der Waals surface area contributed by atoms with Crippen LogP contribution in [0.4, 0.5) is 11.4 Å². The summed E-state index contributed by atoms with van der Waals surface area (Å²) < 4.78 is 6.28. The van der Waals surface area contributed by atoms with Crippen molar-refractivity contribution in [3.8, 4) is 5.75 Å². The van der Waals surface area contributed by atoms with Gasteiger partial charge in [0.15, 0.2) is 0 Å². The number of hydrogen-bond acceptors (Lipinski definition) is 4. The van der Waals surface area contributed by atoms with Gasteiger partial charge in [-0.1, -0.05) is 0 Å². The van der Waals surface area contributed by atoms with Crippen molar-refractivity contribution < 1.29 is 9.53 Å². The Morgan fingerprint density at radius 2 is 2.05 bits per heavy atom. The maximum atomic E-state index is 12.2. The summed E-state index contributed by atoms with van der Waals surface area (Å²) in [6.45, 7) is 0. The molecule has 2 aromatic carbocycles. The highest BCUT2D eigenvalue weighted by Gasteiger charge is 2.09. The monoisotopic (exact) mass is 298 g/mol. The smallest absolute Gasteiger partial charge is 0.255 e. The third-order valence-electron chi connectivity index (χ3n) is 3.20. The molecular weight excluding hydrogens is 284 g/mol. The van der Waals surface area contributed by atoms with Gasteiger partial charge in [-0.05, 0) is 53.2 Å². The van der Waals surface area contributed by atoms with E-state index in [9.17, 15) is 4.79 Å². The van der Waals surface area contributed by atoms with Crippen molar-refractivity contribution in [2.75, 3.05) is 18.2 Å². The van der Waals surface area contributed by atoms with E-state index >= 15 is 0 Å². The van der Waals surface area contributed by atoms with E-state index in [0.29, 0.717) is 17.0 Å². The van der Waals surface area contributed by atoms with Crippen LogP contribution in [-0.2, 0) is 0 Å². The lowest BCUT2D eigenvalue weighted by Crippen LogP contribution is -2.12. The molecule has 0 bridgehead atoms. The molecule has 1 aromatic heterocycles. The van der Waals surface area contributed by atoms with Gasteiger partial charge in [0.2, 0.25) is 0 Å². The summed E-state index contributed by atoms with van der Waals surface area (Å²) in [5.74, 6) is 0.366. The summed E-state index contributed by atoms with van der Waals surface area (Å²) in [6.07, 6.45) is 0. The summed E-state index contributed by atoms with van der Waals surface area (Å²) in [6, 6.07) is 12.9. The average molecular weight is 298 g/mol. The molecule has 5 heteroatoms. The molecule has 21 heavy (non-hydrogen) atoms. The molecule has 0 saturated carbocycles. The van der Waals surface area contributed by atoms with E-state index in [4.69, 9.17) is 10.5 Å². The summed E-state index contributed by atoms with van der Waals surface area (Å²) in [5, 5.41) is 6.02. The van der Waals surface area contributed by atoms with Gasteiger partial charge in [-0.3, -0.25) is 4.79 Å². The number of carbonyl (C=O) groups is 1. The van der Waals surface area contributed by atoms with Gasteiger partial charge in [-0.15, -0.1) is 11.3 Å². The van der Waals surface area contributed by atoms with Crippen LogP contribution in [0.5, 0.6) is 5.75 Å². The van der Waals surface area contributed by atoms with Gasteiger partial charge in [0.25, 0.3) is 5.91 Å². The van der Waals surface area contributed by atoms with Crippen LogP contribution < -0.4 is 15.8 Å². The highest BCUT2D eigenvalue weighted by atomic mass is 32.1. The van der Waals surface area contributed by atoms with Crippen LogP contribution in [0, 0.1) is 0 Å². The van der Waals surface area contributed by atoms with E-state index < -0.39 is 0 Å². The van der Waals surface area contributed by atoms with Crippen LogP contribution in [0.1, 0.15) is 10.4 Å². The summed E-state index contributed by atoms with van der Waals surface area (Å²) in [7, 11) is 1.54. The second-order valence-electron chi connectivity index (χ2n) is 4.58. The van der Waals surface area contributed by atoms with E-state index in [1.807, 2.05) is 29.6 Å². The predicted octanol–water partition coefficient (Wildman–Crippen LogP) is 3.74. The highest BCUT2D eigenvalue weighted by Crippen LogP contribution is 2.25. The van der Waals surface area contributed by atoms with Gasteiger partial charge in [0, 0.05) is 16.0 Å². The summed E-state index contributed by atoms with van der Waals surface area (Å²) in [4.78, 5) is 12.2. The molecule has 0 aliphatic rings. The van der Waals surface area contributed by atoms with Crippen LogP contribution in [0.2, 0.25) is 0 Å². The summed E-state index contributed by atoms with van der Waals surface area (Å²) >= 11 is 1.67. The van der Waals surface area contributed by atoms with Crippen LogP contribution in [-0.4, -0.2) is 13.0 Å². The normalized spacial score (nSPS) is 10.5. The average Bonchev–Trinajstić information content (AvgIpc) is 2.94. The van der Waals surface area contributed by atoms with Crippen molar-refractivity contribution in [1.29, 1.82) is 0 Å². The molecule has 3 rings (SSSR count). The minimum Gasteiger partial charge on any atom is -0.495 e. The fourth-order valence-electron chi connectivity index (χ4n) is 2.12. The Bertz CT molecular complexity index is 811. The third kappa shape index (κ3) is 2.68. The van der Waals surface area contributed by atoms with E-state index in [-0.39, 0.29) is 5.91 Å². The van der Waals surface area contributed by atoms with Crippen molar-refractivity contribution in [2.45, 2.75) is 0 Å². The van der Waals surface area contributed by atoms with Gasteiger partial charge in [0.05, 0.1) is 12.8 Å². The number of nitrogens with two attached hydrogens (primary N) is 1. The van der Waals surface area contributed by atoms with Gasteiger partial charge >= 0.3 is 0 Å². The number of nitrogen functional groups attached to an aromatic ring is 1. The van der Waals surface area contributed by atoms with Crippen molar-refractivity contribution in [2.24, 2.45) is 0 Å². The van der Waals surface area contributed by atoms with Crippen LogP contribution in [0.25, 0.3) is 10.1 Å². The van der Waals surface area contributed by atoms with E-state index in [0.717, 1.165) is 11.1 Å². The molecule has 0 unspecified atom stereocenters. The van der Waals surface area contributed by atoms with Crippen LogP contribution in [0.3, 0.4) is 0 Å². The zero-order chi connectivity index (χ0) is 14.8. The standard InChI is InChI=1S/C16H14N2O2S/c1-20-14-4-2-11(9-13(14)17)16(19)18-12-3-5-15-10(8-12)6-7-21-15/h2-9H,17H2,1H3,(H,18,19). The van der Waals surface area contributed by atoms with E-state index in [1.165, 1.54) is 4.70 Å². The second kappa shape index (κ2) is 5.46. The number of methoxy groups -OCH3 is 1. The zero-order valence-corrected chi connectivity index (χ0v) is 12.2. The molecule has 106 valence electrons. The number of fused-ring (bicyclic) bond motifs is 1. The second-order valence-corrected chi connectivity index (χ2v) is 5.53. The van der Waals surface area contributed by atoms with Crippen molar-refractivity contribution >= 4 is 38.7 Å². The zero-order valence-electron chi connectivity index (χ0n) is 11.4. The minimum absolute atomic E-state index is 0.195. The van der Waals surface area contributed by atoms with E-state index in [1.54, 1.807) is 36.6 Å². The molecule has 0 aliphatic carbocycles. The molecule has 0 aliphatic heterocycles. The fourth-order valence-corrected chi connectivity index (χ4v) is 2.89. The fraction of sp³-hybridized carbons (Fsp3) is 0.0625. The Labute approximate surface area is 126 Å². The molecule has 0 radical (unpaired) electrons. The molecule has 0 saturated heterocycles. The number of benzene rings is 2. The molecule has 0 fully saturated rings. The van der Waals surface area contributed by atoms with Gasteiger partial charge < -0.3 is 15.8 Å². The predicted molar refractivity (Wildman–Crippen MR) is 87.2 cm³/mol. The first-order valence-corrected chi connectivity index (χ1v) is 7.27. The number of carbonyl (C=O) groups excluding carboxylic acids is 1. The lowest BCUT2D eigenvalue weighted by atomic mass is 10.1. The topological polar surface area (TPSA) is 64.3 Å². The molecular formula is C16H14N2O2S. The largest absolute Gasteiger partial charge is 0.495 e. The van der Waals surface area contributed by atoms with E-state index in [2.05, 4.69) is 5.32 Å². The quantitative estimate of drug-likeness (QED) is 0.724. The number of hydrogen-bond donors (Lipinski definition) is 2. The molecule has 1 heterocycles. The third-order valence-corrected chi connectivity index (χ3v) is 4.10. The van der Waals surface area contributed by atoms with Gasteiger partial charge in [-0.2, -0.15) is 0 Å². The number of rotatable bonds is 3. The molecule has 0 spiro atoms. The van der Waals surface area contributed by atoms with Crippen molar-refractivity contribution in [3.63, 3.8) is 0 Å². The number of amides is 1. The number of thiophene rings is 1. The molecule has 1 amide bonds. The maximum absolute atomic E-state index is 12.2. The van der Waals surface area contributed by atoms with Gasteiger partial charge in [0.1, 0.15) is 5.75 Å². The summed E-state index contributed by atoms with van der Waals surface area (Å²) in [5.41, 5.74) is 7.53. The molecule has 4 nitrogen and oxygen atoms in total. The first-order chi connectivity index (χ1) is 10.2. The maximum Gasteiger partial charge on any atom is 0.255 e. The lowest BCUT2D eigenvalue weighted by Gasteiger charge is -2.08. The first-order valence-electron chi connectivity index (χ1n) is 6.39. The Hall–Kier alpha value is -2.53. The van der Waals surface area contributed by atoms with Crippen LogP contribution >= 0.6 is 11.3 Å². The Kier molecular flexibility index (Phi) is 3.50. The molecule has 3 aromatic rings. The highest BCUT2D eigenvalue weighted by molar-refractivity contribution is 7.17.